The first-order valence-electron chi connectivity index (χ1n) is 11.2. The summed E-state index contributed by atoms with van der Waals surface area (Å²) in [5, 5.41) is 2.18. The molecule has 1 heterocycles. The van der Waals surface area contributed by atoms with Crippen LogP contribution >= 0.6 is 0 Å². The van der Waals surface area contributed by atoms with Gasteiger partial charge in [-0.2, -0.15) is 0 Å². The summed E-state index contributed by atoms with van der Waals surface area (Å²) < 4.78 is 12.7. The van der Waals surface area contributed by atoms with E-state index in [0.29, 0.717) is 13.0 Å². The first-order valence-corrected chi connectivity index (χ1v) is 13.1. The van der Waals surface area contributed by atoms with Crippen LogP contribution in [0.15, 0.2) is 60.7 Å². The fourth-order valence-corrected chi connectivity index (χ4v) is 9.20. The van der Waals surface area contributed by atoms with Gasteiger partial charge in [0.25, 0.3) is 8.32 Å². The van der Waals surface area contributed by atoms with Crippen LogP contribution in [0.25, 0.3) is 0 Å². The van der Waals surface area contributed by atoms with Crippen molar-refractivity contribution < 1.29 is 18.8 Å². The lowest BCUT2D eigenvalue weighted by Gasteiger charge is -2.44. The van der Waals surface area contributed by atoms with Gasteiger partial charge in [0.05, 0.1) is 12.1 Å². The van der Waals surface area contributed by atoms with Gasteiger partial charge in [0.15, 0.2) is 0 Å². The average molecular weight is 454 g/mol. The van der Waals surface area contributed by atoms with Crippen molar-refractivity contribution in [2.45, 2.75) is 70.7 Å². The molecule has 0 aliphatic carbocycles. The van der Waals surface area contributed by atoms with Gasteiger partial charge >= 0.3 is 6.09 Å². The van der Waals surface area contributed by atoms with E-state index in [1.165, 1.54) is 15.3 Å². The highest BCUT2D eigenvalue weighted by Gasteiger charge is 2.53. The molecule has 2 aromatic rings. The maximum absolute atomic E-state index is 12.8. The number of carbonyl (C=O) groups is 2. The van der Waals surface area contributed by atoms with E-state index in [1.54, 1.807) is 0 Å². The third-order valence-electron chi connectivity index (χ3n) is 5.85. The molecule has 3 rings (SSSR count). The zero-order chi connectivity index (χ0) is 23.6. The number of likely N-dealkylation sites (tertiary alicyclic amines) is 1. The molecular formula is C26H35NO4Si. The number of hydrogen-bond donors (Lipinski definition) is 0. The first-order chi connectivity index (χ1) is 15.0. The first kappa shape index (κ1) is 24.2. The summed E-state index contributed by atoms with van der Waals surface area (Å²) >= 11 is 0. The molecule has 0 aromatic heterocycles. The van der Waals surface area contributed by atoms with Crippen LogP contribution in [0.2, 0.25) is 5.04 Å². The Morgan fingerprint density at radius 2 is 1.44 bits per heavy atom. The summed E-state index contributed by atoms with van der Waals surface area (Å²) in [5.74, 6) is 0. The van der Waals surface area contributed by atoms with Gasteiger partial charge in [-0.15, -0.1) is 0 Å². The average Bonchev–Trinajstić information content (AvgIpc) is 3.14. The standard InChI is InChI=1S/C26H35NO4Si/c1-25(2,3)30-24(29)27-18-21(17-20(27)19-28)31-32(26(4,5)6,22-13-9-7-10-14-22)23-15-11-8-12-16-23/h7-16,19-21H,17-18H2,1-6H3/t20-,21+/m0/s1. The molecule has 5 nitrogen and oxygen atoms in total. The SMILES string of the molecule is CC(C)(C)OC(=O)N1C[C@H](O[Si](c2ccccc2)(c2ccccc2)C(C)(C)C)C[C@H]1C=O. The van der Waals surface area contributed by atoms with Crippen LogP contribution < -0.4 is 10.4 Å². The summed E-state index contributed by atoms with van der Waals surface area (Å²) in [6.45, 7) is 12.5. The van der Waals surface area contributed by atoms with E-state index in [4.69, 9.17) is 9.16 Å². The Kier molecular flexibility index (Phi) is 6.96. The Morgan fingerprint density at radius 1 is 0.938 bits per heavy atom. The predicted molar refractivity (Wildman–Crippen MR) is 130 cm³/mol. The minimum absolute atomic E-state index is 0.175. The second-order valence-electron chi connectivity index (χ2n) is 10.5. The quantitative estimate of drug-likeness (QED) is 0.504. The molecule has 1 fully saturated rings. The summed E-state index contributed by atoms with van der Waals surface area (Å²) in [7, 11) is -2.76. The number of aldehydes is 1. The van der Waals surface area contributed by atoms with Crippen LogP contribution in [0, 0.1) is 0 Å². The van der Waals surface area contributed by atoms with E-state index in [2.05, 4.69) is 45.0 Å². The molecule has 0 spiro atoms. The predicted octanol–water partition coefficient (Wildman–Crippen LogP) is 4.14. The van der Waals surface area contributed by atoms with Crippen molar-refractivity contribution in [3.05, 3.63) is 60.7 Å². The summed E-state index contributed by atoms with van der Waals surface area (Å²) in [4.78, 5) is 26.1. The molecule has 0 bridgehead atoms. The number of benzene rings is 2. The molecule has 2 aromatic carbocycles. The highest BCUT2D eigenvalue weighted by molar-refractivity contribution is 6.99. The van der Waals surface area contributed by atoms with Gasteiger partial charge < -0.3 is 14.0 Å². The number of rotatable bonds is 5. The smallest absolute Gasteiger partial charge is 0.410 e. The monoisotopic (exact) mass is 453 g/mol. The number of ether oxygens (including phenoxy) is 1. The largest absolute Gasteiger partial charge is 0.444 e. The highest BCUT2D eigenvalue weighted by atomic mass is 28.4. The van der Waals surface area contributed by atoms with Crippen LogP contribution in [0.4, 0.5) is 4.79 Å². The van der Waals surface area contributed by atoms with Crippen LogP contribution in [0.1, 0.15) is 48.0 Å². The van der Waals surface area contributed by atoms with Crippen molar-refractivity contribution in [3.63, 3.8) is 0 Å². The van der Waals surface area contributed by atoms with Crippen LogP contribution in [0.3, 0.4) is 0 Å². The Labute approximate surface area is 192 Å². The zero-order valence-electron chi connectivity index (χ0n) is 20.0. The zero-order valence-corrected chi connectivity index (χ0v) is 21.0. The topological polar surface area (TPSA) is 55.8 Å². The molecule has 1 amide bonds. The Morgan fingerprint density at radius 3 is 1.84 bits per heavy atom. The van der Waals surface area contributed by atoms with Crippen LogP contribution in [-0.4, -0.2) is 49.9 Å². The summed E-state index contributed by atoms with van der Waals surface area (Å²) in [5.41, 5.74) is -0.624. The normalized spacial score (nSPS) is 19.6. The number of amides is 1. The van der Waals surface area contributed by atoms with Gasteiger partial charge in [0, 0.05) is 13.0 Å². The minimum Gasteiger partial charge on any atom is -0.444 e. The molecule has 1 saturated heterocycles. The molecule has 1 aliphatic heterocycles. The molecule has 0 N–H and O–H groups in total. The Balaban J connectivity index is 2.01. The molecule has 1 aliphatic rings. The molecule has 172 valence electrons. The lowest BCUT2D eigenvalue weighted by molar-refractivity contribution is -0.111. The van der Waals surface area contributed by atoms with E-state index in [-0.39, 0.29) is 11.1 Å². The third kappa shape index (κ3) is 4.97. The Bertz CT molecular complexity index is 879. The highest BCUT2D eigenvalue weighted by Crippen LogP contribution is 2.39. The van der Waals surface area contributed by atoms with E-state index < -0.39 is 26.1 Å². The molecule has 2 atom stereocenters. The van der Waals surface area contributed by atoms with Gasteiger partial charge in [-0.1, -0.05) is 81.4 Å². The maximum atomic E-state index is 12.8. The van der Waals surface area contributed by atoms with E-state index >= 15 is 0 Å². The second-order valence-corrected chi connectivity index (χ2v) is 14.7. The molecule has 0 unspecified atom stereocenters. The Hall–Kier alpha value is -2.44. The maximum Gasteiger partial charge on any atom is 0.410 e. The minimum atomic E-state index is -2.76. The molecule has 0 radical (unpaired) electrons. The van der Waals surface area contributed by atoms with Crippen molar-refractivity contribution in [2.24, 2.45) is 0 Å². The van der Waals surface area contributed by atoms with Crippen LogP contribution in [-0.2, 0) is 14.0 Å². The fraction of sp³-hybridized carbons (Fsp3) is 0.462. The lowest BCUT2D eigenvalue weighted by atomic mass is 10.2. The fourth-order valence-electron chi connectivity index (χ4n) is 4.51. The molecule has 6 heteroatoms. The summed E-state index contributed by atoms with van der Waals surface area (Å²) in [6, 6.07) is 20.2. The van der Waals surface area contributed by atoms with Crippen molar-refractivity contribution in [2.75, 3.05) is 6.54 Å². The molecule has 32 heavy (non-hydrogen) atoms. The van der Waals surface area contributed by atoms with Gasteiger partial charge in [0.2, 0.25) is 0 Å². The number of carbonyl (C=O) groups excluding carboxylic acids is 2. The van der Waals surface area contributed by atoms with Gasteiger partial charge in [-0.25, -0.2) is 4.79 Å². The van der Waals surface area contributed by atoms with Gasteiger partial charge in [-0.05, 0) is 36.2 Å². The molecule has 0 saturated carbocycles. The molecular weight excluding hydrogens is 418 g/mol. The number of hydrogen-bond acceptors (Lipinski definition) is 4. The van der Waals surface area contributed by atoms with E-state index in [9.17, 15) is 9.59 Å². The van der Waals surface area contributed by atoms with Crippen molar-refractivity contribution in [1.82, 2.24) is 4.90 Å². The van der Waals surface area contributed by atoms with Gasteiger partial charge in [0.1, 0.15) is 11.9 Å². The third-order valence-corrected chi connectivity index (χ3v) is 10.9. The van der Waals surface area contributed by atoms with Crippen LogP contribution in [0.5, 0.6) is 0 Å². The van der Waals surface area contributed by atoms with Crippen molar-refractivity contribution >= 4 is 31.1 Å². The lowest BCUT2D eigenvalue weighted by Crippen LogP contribution is -2.67. The van der Waals surface area contributed by atoms with Gasteiger partial charge in [-0.3, -0.25) is 4.90 Å². The van der Waals surface area contributed by atoms with E-state index in [0.717, 1.165) is 6.29 Å². The number of nitrogens with zero attached hydrogens (tertiary/aromatic N) is 1. The second kappa shape index (κ2) is 9.20. The van der Waals surface area contributed by atoms with E-state index in [1.807, 2.05) is 57.2 Å². The van der Waals surface area contributed by atoms with Crippen molar-refractivity contribution in [3.8, 4) is 0 Å². The van der Waals surface area contributed by atoms with Crippen molar-refractivity contribution in [1.29, 1.82) is 0 Å². The summed E-state index contributed by atoms with van der Waals surface area (Å²) in [6.07, 6.45) is 0.568.